The lowest BCUT2D eigenvalue weighted by molar-refractivity contribution is -0.119. The van der Waals surface area contributed by atoms with Crippen molar-refractivity contribution in [2.75, 3.05) is 7.11 Å². The van der Waals surface area contributed by atoms with Gasteiger partial charge >= 0.3 is 0 Å². The minimum Gasteiger partial charge on any atom is -0.497 e. The van der Waals surface area contributed by atoms with Gasteiger partial charge in [-0.2, -0.15) is 0 Å². The Morgan fingerprint density at radius 2 is 2.23 bits per heavy atom. The fraction of sp³-hybridized carbons (Fsp3) is 0.300. The van der Waals surface area contributed by atoms with E-state index in [1.54, 1.807) is 14.0 Å². The highest BCUT2D eigenvalue weighted by Crippen LogP contribution is 2.19. The molecule has 0 aromatic heterocycles. The fourth-order valence-electron chi connectivity index (χ4n) is 1.08. The molecular weight excluding hydrogens is 166 g/mol. The molecule has 1 aromatic carbocycles. The Morgan fingerprint density at radius 3 is 2.77 bits per heavy atom. The van der Waals surface area contributed by atoms with Crippen LogP contribution in [0, 0.1) is 0 Å². The molecule has 3 nitrogen and oxygen atoms in total. The second-order valence-electron chi connectivity index (χ2n) is 2.90. The van der Waals surface area contributed by atoms with Gasteiger partial charge in [0.1, 0.15) is 5.75 Å². The van der Waals surface area contributed by atoms with E-state index in [0.717, 1.165) is 11.3 Å². The maximum absolute atomic E-state index is 10.9. The zero-order valence-corrected chi connectivity index (χ0v) is 7.78. The van der Waals surface area contributed by atoms with Crippen molar-refractivity contribution in [2.24, 2.45) is 5.73 Å². The molecule has 3 heteroatoms. The first-order chi connectivity index (χ1) is 6.15. The maximum Gasteiger partial charge on any atom is 0.224 e. The number of hydrogen-bond donors (Lipinski definition) is 1. The van der Waals surface area contributed by atoms with Crippen LogP contribution in [-0.4, -0.2) is 13.0 Å². The van der Waals surface area contributed by atoms with E-state index in [0.29, 0.717) is 0 Å². The molecule has 0 heterocycles. The van der Waals surface area contributed by atoms with Crippen LogP contribution in [0.3, 0.4) is 0 Å². The molecule has 2 N–H and O–H groups in total. The van der Waals surface area contributed by atoms with Crippen molar-refractivity contribution in [3.05, 3.63) is 29.8 Å². The van der Waals surface area contributed by atoms with Gasteiger partial charge in [-0.15, -0.1) is 0 Å². The quantitative estimate of drug-likeness (QED) is 0.760. The molecule has 0 saturated carbocycles. The van der Waals surface area contributed by atoms with Gasteiger partial charge in [0.25, 0.3) is 0 Å². The standard InChI is InChI=1S/C10H13NO2/c1-7(10(11)12)8-4-3-5-9(6-8)13-2/h3-7H,1-2H3,(H2,11,12)/t7-/m0/s1. The third kappa shape index (κ3) is 2.21. The minimum absolute atomic E-state index is 0.268. The van der Waals surface area contributed by atoms with Crippen LogP contribution < -0.4 is 10.5 Å². The molecule has 0 saturated heterocycles. The van der Waals surface area contributed by atoms with Crippen molar-refractivity contribution in [1.29, 1.82) is 0 Å². The van der Waals surface area contributed by atoms with E-state index in [-0.39, 0.29) is 11.8 Å². The van der Waals surface area contributed by atoms with Crippen LogP contribution in [0.5, 0.6) is 5.75 Å². The highest BCUT2D eigenvalue weighted by atomic mass is 16.5. The number of carbonyl (C=O) groups is 1. The monoisotopic (exact) mass is 179 g/mol. The van der Waals surface area contributed by atoms with Crippen LogP contribution in [0.4, 0.5) is 0 Å². The highest BCUT2D eigenvalue weighted by Gasteiger charge is 2.11. The number of benzene rings is 1. The van der Waals surface area contributed by atoms with Gasteiger partial charge in [0.2, 0.25) is 5.91 Å². The number of rotatable bonds is 3. The molecule has 0 radical (unpaired) electrons. The Hall–Kier alpha value is -1.51. The molecular formula is C10H13NO2. The molecule has 0 spiro atoms. The van der Waals surface area contributed by atoms with Gasteiger partial charge in [-0.05, 0) is 24.6 Å². The Morgan fingerprint density at radius 1 is 1.54 bits per heavy atom. The van der Waals surface area contributed by atoms with Gasteiger partial charge in [-0.1, -0.05) is 12.1 Å². The van der Waals surface area contributed by atoms with Crippen molar-refractivity contribution in [3.8, 4) is 5.75 Å². The summed E-state index contributed by atoms with van der Waals surface area (Å²) in [5.41, 5.74) is 6.06. The summed E-state index contributed by atoms with van der Waals surface area (Å²) in [6.45, 7) is 1.77. The van der Waals surface area contributed by atoms with Crippen LogP contribution in [0.25, 0.3) is 0 Å². The highest BCUT2D eigenvalue weighted by molar-refractivity contribution is 5.81. The summed E-state index contributed by atoms with van der Waals surface area (Å²) in [5.74, 6) is 0.147. The first kappa shape index (κ1) is 9.58. The summed E-state index contributed by atoms with van der Waals surface area (Å²) in [7, 11) is 1.59. The van der Waals surface area contributed by atoms with Crippen molar-refractivity contribution in [2.45, 2.75) is 12.8 Å². The van der Waals surface area contributed by atoms with Gasteiger partial charge < -0.3 is 10.5 Å². The summed E-state index contributed by atoms with van der Waals surface area (Å²) in [6.07, 6.45) is 0. The number of amides is 1. The van der Waals surface area contributed by atoms with E-state index in [2.05, 4.69) is 0 Å². The molecule has 1 aromatic rings. The summed E-state index contributed by atoms with van der Waals surface area (Å²) >= 11 is 0. The Labute approximate surface area is 77.5 Å². The fourth-order valence-corrected chi connectivity index (χ4v) is 1.08. The van der Waals surface area contributed by atoms with Gasteiger partial charge in [-0.3, -0.25) is 4.79 Å². The number of nitrogens with two attached hydrogens (primary N) is 1. The predicted octanol–water partition coefficient (Wildman–Crippen LogP) is 1.28. The molecule has 0 aliphatic rings. The molecule has 0 fully saturated rings. The first-order valence-corrected chi connectivity index (χ1v) is 4.08. The molecule has 13 heavy (non-hydrogen) atoms. The van der Waals surface area contributed by atoms with Crippen molar-refractivity contribution in [3.63, 3.8) is 0 Å². The summed E-state index contributed by atoms with van der Waals surface area (Å²) < 4.78 is 5.03. The number of primary amides is 1. The second-order valence-corrected chi connectivity index (χ2v) is 2.90. The normalized spacial score (nSPS) is 12.2. The van der Waals surface area contributed by atoms with Crippen LogP contribution in [0.1, 0.15) is 18.4 Å². The zero-order chi connectivity index (χ0) is 9.84. The van der Waals surface area contributed by atoms with E-state index in [9.17, 15) is 4.79 Å². The Kier molecular flexibility index (Phi) is 2.90. The number of carbonyl (C=O) groups excluding carboxylic acids is 1. The van der Waals surface area contributed by atoms with Crippen LogP contribution in [0.15, 0.2) is 24.3 Å². The van der Waals surface area contributed by atoms with Gasteiger partial charge in [0.15, 0.2) is 0 Å². The molecule has 0 unspecified atom stereocenters. The van der Waals surface area contributed by atoms with E-state index in [1.165, 1.54) is 0 Å². The SMILES string of the molecule is COc1cccc([C@H](C)C(N)=O)c1. The average molecular weight is 179 g/mol. The van der Waals surface area contributed by atoms with E-state index < -0.39 is 0 Å². The summed E-state index contributed by atoms with van der Waals surface area (Å²) in [5, 5.41) is 0. The third-order valence-corrected chi connectivity index (χ3v) is 2.02. The molecule has 0 aliphatic carbocycles. The number of hydrogen-bond acceptors (Lipinski definition) is 2. The van der Waals surface area contributed by atoms with E-state index in [1.807, 2.05) is 24.3 Å². The van der Waals surface area contributed by atoms with Crippen molar-refractivity contribution < 1.29 is 9.53 Å². The molecule has 1 atom stereocenters. The summed E-state index contributed by atoms with van der Waals surface area (Å²) in [4.78, 5) is 10.9. The molecule has 0 bridgehead atoms. The van der Waals surface area contributed by atoms with Gasteiger partial charge in [0.05, 0.1) is 13.0 Å². The Bertz CT molecular complexity index is 310. The average Bonchev–Trinajstić information content (AvgIpc) is 2.16. The minimum atomic E-state index is -0.326. The van der Waals surface area contributed by atoms with Crippen LogP contribution in [-0.2, 0) is 4.79 Å². The number of ether oxygens (including phenoxy) is 1. The van der Waals surface area contributed by atoms with Crippen molar-refractivity contribution in [1.82, 2.24) is 0 Å². The van der Waals surface area contributed by atoms with Crippen LogP contribution >= 0.6 is 0 Å². The molecule has 70 valence electrons. The molecule has 0 aliphatic heterocycles. The largest absolute Gasteiger partial charge is 0.497 e. The lowest BCUT2D eigenvalue weighted by Gasteiger charge is -2.08. The third-order valence-electron chi connectivity index (χ3n) is 2.02. The topological polar surface area (TPSA) is 52.3 Å². The zero-order valence-electron chi connectivity index (χ0n) is 7.78. The second kappa shape index (κ2) is 3.94. The predicted molar refractivity (Wildman–Crippen MR) is 50.6 cm³/mol. The van der Waals surface area contributed by atoms with Gasteiger partial charge in [0, 0.05) is 0 Å². The molecule has 1 rings (SSSR count). The van der Waals surface area contributed by atoms with E-state index in [4.69, 9.17) is 10.5 Å². The first-order valence-electron chi connectivity index (χ1n) is 4.08. The lowest BCUT2D eigenvalue weighted by atomic mass is 10.0. The smallest absolute Gasteiger partial charge is 0.224 e. The lowest BCUT2D eigenvalue weighted by Crippen LogP contribution is -2.18. The Balaban J connectivity index is 2.94. The van der Waals surface area contributed by atoms with Gasteiger partial charge in [-0.25, -0.2) is 0 Å². The van der Waals surface area contributed by atoms with Crippen LogP contribution in [0.2, 0.25) is 0 Å². The van der Waals surface area contributed by atoms with Crippen molar-refractivity contribution >= 4 is 5.91 Å². The summed E-state index contributed by atoms with van der Waals surface area (Å²) in [6, 6.07) is 7.35. The number of methoxy groups -OCH3 is 1. The maximum atomic E-state index is 10.9. The molecule has 1 amide bonds. The van der Waals surface area contributed by atoms with E-state index >= 15 is 0 Å².